The lowest BCUT2D eigenvalue weighted by molar-refractivity contribution is 0.166. The molecule has 0 heterocycles. The van der Waals surface area contributed by atoms with Crippen molar-refractivity contribution < 1.29 is 0 Å². The molecule has 0 bridgehead atoms. The lowest BCUT2D eigenvalue weighted by Gasteiger charge is -2.31. The molecule has 0 radical (unpaired) electrons. The molecule has 0 spiro atoms. The van der Waals surface area contributed by atoms with Crippen molar-refractivity contribution in [2.24, 2.45) is 5.92 Å². The van der Waals surface area contributed by atoms with Gasteiger partial charge in [-0.25, -0.2) is 0 Å². The quantitative estimate of drug-likeness (QED) is 0.614. The van der Waals surface area contributed by atoms with E-state index >= 15 is 0 Å². The van der Waals surface area contributed by atoms with Crippen molar-refractivity contribution in [3.8, 4) is 0 Å². The molecular weight excluding hydrogens is 146 g/mol. The summed E-state index contributed by atoms with van der Waals surface area (Å²) in [4.78, 5) is 2.56. The first-order valence-corrected chi connectivity index (χ1v) is 5.20. The second kappa shape index (κ2) is 5.58. The van der Waals surface area contributed by atoms with Crippen LogP contribution < -0.4 is 0 Å². The van der Waals surface area contributed by atoms with Gasteiger partial charge in [-0.2, -0.15) is 0 Å². The van der Waals surface area contributed by atoms with Gasteiger partial charge in [-0.3, -0.25) is 4.90 Å². The van der Waals surface area contributed by atoms with Gasteiger partial charge in [0.2, 0.25) is 0 Å². The topological polar surface area (TPSA) is 3.24 Å². The molecule has 0 aliphatic rings. The average molecular weight is 171 g/mol. The molecule has 0 atom stereocenters. The Morgan fingerprint density at radius 1 is 0.833 bits per heavy atom. The Morgan fingerprint density at radius 3 is 1.50 bits per heavy atom. The van der Waals surface area contributed by atoms with Gasteiger partial charge in [0.15, 0.2) is 0 Å². The minimum absolute atomic E-state index is 0.684. The van der Waals surface area contributed by atoms with Gasteiger partial charge in [0, 0.05) is 12.1 Å². The highest BCUT2D eigenvalue weighted by atomic mass is 15.2. The molecule has 0 unspecified atom stereocenters. The molecule has 1 nitrogen and oxygen atoms in total. The van der Waals surface area contributed by atoms with E-state index in [0.717, 1.165) is 5.92 Å². The van der Waals surface area contributed by atoms with Crippen LogP contribution in [0, 0.1) is 5.92 Å². The Hall–Kier alpha value is -0.0400. The standard InChI is InChI=1S/C11H25N/c1-9(2)7-8-12(10(3)4)11(5)6/h9-11H,7-8H2,1-6H3. The van der Waals surface area contributed by atoms with Crippen molar-refractivity contribution >= 4 is 0 Å². The Bertz CT molecular complexity index is 97.6. The van der Waals surface area contributed by atoms with E-state index in [4.69, 9.17) is 0 Å². The highest BCUT2D eigenvalue weighted by Crippen LogP contribution is 2.09. The highest BCUT2D eigenvalue weighted by molar-refractivity contribution is 4.67. The zero-order valence-corrected chi connectivity index (χ0v) is 9.59. The van der Waals surface area contributed by atoms with Gasteiger partial charge in [0.1, 0.15) is 0 Å². The summed E-state index contributed by atoms with van der Waals surface area (Å²) < 4.78 is 0. The van der Waals surface area contributed by atoms with Crippen molar-refractivity contribution in [3.05, 3.63) is 0 Å². The van der Waals surface area contributed by atoms with Crippen LogP contribution in [0.25, 0.3) is 0 Å². The summed E-state index contributed by atoms with van der Waals surface area (Å²) in [5.41, 5.74) is 0. The van der Waals surface area contributed by atoms with Crippen LogP contribution in [0.5, 0.6) is 0 Å². The van der Waals surface area contributed by atoms with Crippen LogP contribution in [0.15, 0.2) is 0 Å². The molecule has 0 fully saturated rings. The van der Waals surface area contributed by atoms with E-state index < -0.39 is 0 Å². The molecule has 0 aliphatic carbocycles. The van der Waals surface area contributed by atoms with Crippen LogP contribution in [-0.2, 0) is 0 Å². The predicted molar refractivity (Wildman–Crippen MR) is 56.4 cm³/mol. The largest absolute Gasteiger partial charge is 0.299 e. The molecule has 12 heavy (non-hydrogen) atoms. The summed E-state index contributed by atoms with van der Waals surface area (Å²) in [6.07, 6.45) is 1.32. The monoisotopic (exact) mass is 171 g/mol. The summed E-state index contributed by atoms with van der Waals surface area (Å²) in [7, 11) is 0. The van der Waals surface area contributed by atoms with Gasteiger partial charge >= 0.3 is 0 Å². The van der Waals surface area contributed by atoms with Gasteiger partial charge in [0.05, 0.1) is 0 Å². The van der Waals surface area contributed by atoms with Crippen LogP contribution in [0.2, 0.25) is 0 Å². The van der Waals surface area contributed by atoms with Crippen molar-refractivity contribution in [3.63, 3.8) is 0 Å². The van der Waals surface area contributed by atoms with Gasteiger partial charge in [-0.05, 0) is 46.6 Å². The van der Waals surface area contributed by atoms with E-state index in [0.29, 0.717) is 12.1 Å². The molecule has 0 rings (SSSR count). The van der Waals surface area contributed by atoms with Crippen LogP contribution in [-0.4, -0.2) is 23.5 Å². The van der Waals surface area contributed by atoms with Crippen LogP contribution in [0.4, 0.5) is 0 Å². The van der Waals surface area contributed by atoms with E-state index in [9.17, 15) is 0 Å². The fourth-order valence-electron chi connectivity index (χ4n) is 1.52. The first-order valence-electron chi connectivity index (χ1n) is 5.20. The highest BCUT2D eigenvalue weighted by Gasteiger charge is 2.12. The second-order valence-corrected chi connectivity index (χ2v) is 4.61. The van der Waals surface area contributed by atoms with Gasteiger partial charge < -0.3 is 0 Å². The third-order valence-corrected chi connectivity index (χ3v) is 2.29. The van der Waals surface area contributed by atoms with E-state index in [2.05, 4.69) is 46.4 Å². The molecule has 0 saturated carbocycles. The average Bonchev–Trinajstić information content (AvgIpc) is 1.84. The number of hydrogen-bond acceptors (Lipinski definition) is 1. The SMILES string of the molecule is CC(C)CCN(C(C)C)C(C)C. The lowest BCUT2D eigenvalue weighted by Crippen LogP contribution is -2.38. The van der Waals surface area contributed by atoms with Crippen molar-refractivity contribution in [1.82, 2.24) is 4.90 Å². The first-order chi connectivity index (χ1) is 5.45. The van der Waals surface area contributed by atoms with Gasteiger partial charge in [-0.1, -0.05) is 13.8 Å². The molecule has 0 aromatic rings. The summed E-state index contributed by atoms with van der Waals surface area (Å²) in [5, 5.41) is 0. The normalized spacial score (nSPS) is 12.5. The minimum Gasteiger partial charge on any atom is -0.299 e. The van der Waals surface area contributed by atoms with E-state index in [1.807, 2.05) is 0 Å². The summed E-state index contributed by atoms with van der Waals surface area (Å²) in [5.74, 6) is 0.824. The molecule has 0 aromatic heterocycles. The third kappa shape index (κ3) is 4.76. The molecule has 1 heteroatoms. The van der Waals surface area contributed by atoms with Crippen molar-refractivity contribution in [2.75, 3.05) is 6.54 Å². The van der Waals surface area contributed by atoms with Gasteiger partial charge in [-0.15, -0.1) is 0 Å². The summed E-state index contributed by atoms with van der Waals surface area (Å²) >= 11 is 0. The van der Waals surface area contributed by atoms with Crippen molar-refractivity contribution in [2.45, 2.75) is 60.0 Å². The molecule has 0 amide bonds. The second-order valence-electron chi connectivity index (χ2n) is 4.61. The number of nitrogens with zero attached hydrogens (tertiary/aromatic N) is 1. The maximum Gasteiger partial charge on any atom is 0.00412 e. The van der Waals surface area contributed by atoms with Gasteiger partial charge in [0.25, 0.3) is 0 Å². The van der Waals surface area contributed by atoms with E-state index in [1.54, 1.807) is 0 Å². The zero-order chi connectivity index (χ0) is 9.72. The Morgan fingerprint density at radius 2 is 1.25 bits per heavy atom. The smallest absolute Gasteiger partial charge is 0.00412 e. The fourth-order valence-corrected chi connectivity index (χ4v) is 1.52. The van der Waals surface area contributed by atoms with E-state index in [-0.39, 0.29) is 0 Å². The maximum absolute atomic E-state index is 2.56. The lowest BCUT2D eigenvalue weighted by atomic mass is 10.1. The zero-order valence-electron chi connectivity index (χ0n) is 9.59. The van der Waals surface area contributed by atoms with Crippen LogP contribution in [0.1, 0.15) is 48.0 Å². The minimum atomic E-state index is 0.684. The molecule has 0 saturated heterocycles. The molecule has 74 valence electrons. The van der Waals surface area contributed by atoms with Crippen molar-refractivity contribution in [1.29, 1.82) is 0 Å². The summed E-state index contributed by atoms with van der Waals surface area (Å²) in [6.45, 7) is 14.9. The fraction of sp³-hybridized carbons (Fsp3) is 1.00. The van der Waals surface area contributed by atoms with E-state index in [1.165, 1.54) is 13.0 Å². The number of hydrogen-bond donors (Lipinski definition) is 0. The Labute approximate surface area is 78.1 Å². The van der Waals surface area contributed by atoms with Crippen LogP contribution >= 0.6 is 0 Å². The summed E-state index contributed by atoms with van der Waals surface area (Å²) in [6, 6.07) is 1.37. The maximum atomic E-state index is 2.56. The molecule has 0 N–H and O–H groups in total. The Balaban J connectivity index is 3.80. The molecule has 0 aromatic carbocycles. The first kappa shape index (κ1) is 12.0. The number of rotatable bonds is 5. The van der Waals surface area contributed by atoms with Crippen LogP contribution in [0.3, 0.4) is 0 Å². The predicted octanol–water partition coefficient (Wildman–Crippen LogP) is 3.15. The molecule has 0 aliphatic heterocycles. The Kier molecular flexibility index (Phi) is 5.56. The third-order valence-electron chi connectivity index (χ3n) is 2.29. The molecular formula is C11H25N.